The zero-order chi connectivity index (χ0) is 73.1. The number of carbonyl (C=O) groups is 4. The van der Waals surface area contributed by atoms with Crippen molar-refractivity contribution >= 4 is 23.6 Å². The topological polar surface area (TPSA) is 659 Å². The van der Waals surface area contributed by atoms with Crippen LogP contribution in [0.3, 0.4) is 0 Å². The molecule has 43 heteroatoms. The van der Waals surface area contributed by atoms with Crippen LogP contribution in [0.5, 0.6) is 0 Å². The molecular weight excluding hydrogens is 1350 g/mol. The van der Waals surface area contributed by atoms with Crippen molar-refractivity contribution in [3.63, 3.8) is 0 Å². The molecule has 0 spiro atoms. The van der Waals surface area contributed by atoms with Crippen LogP contribution >= 0.6 is 0 Å². The molecule has 572 valence electrons. The molecule has 0 aromatic heterocycles. The van der Waals surface area contributed by atoms with Gasteiger partial charge in [0, 0.05) is 27.7 Å². The fourth-order valence-electron chi connectivity index (χ4n) is 12.8. The van der Waals surface area contributed by atoms with Crippen LogP contribution in [0.2, 0.25) is 0 Å². The fourth-order valence-corrected chi connectivity index (χ4v) is 12.8. The highest BCUT2D eigenvalue weighted by Crippen LogP contribution is 2.39. The van der Waals surface area contributed by atoms with E-state index in [-0.39, 0.29) is 0 Å². The van der Waals surface area contributed by atoms with Gasteiger partial charge in [0.25, 0.3) is 0 Å². The molecule has 0 aromatic rings. The highest BCUT2D eigenvalue weighted by molar-refractivity contribution is 5.74. The van der Waals surface area contributed by atoms with Gasteiger partial charge in [-0.25, -0.2) is 0 Å². The summed E-state index contributed by atoms with van der Waals surface area (Å²) in [5, 5.41) is 231. The zero-order valence-corrected chi connectivity index (χ0v) is 54.0. The zero-order valence-electron chi connectivity index (χ0n) is 54.0. The van der Waals surface area contributed by atoms with Crippen molar-refractivity contribution in [3.05, 3.63) is 0 Å². The fraction of sp³-hybridized carbons (Fsp3) is 0.929. The van der Waals surface area contributed by atoms with Gasteiger partial charge in [-0.05, 0) is 13.8 Å². The number of hydrogen-bond acceptors (Lipinski definition) is 39. The molecule has 8 heterocycles. The van der Waals surface area contributed by atoms with Crippen molar-refractivity contribution in [2.45, 2.75) is 287 Å². The van der Waals surface area contributed by atoms with Gasteiger partial charge in [-0.15, -0.1) is 0 Å². The first-order valence-electron chi connectivity index (χ1n) is 31.8. The van der Waals surface area contributed by atoms with E-state index >= 15 is 0 Å². The van der Waals surface area contributed by atoms with E-state index < -0.39 is 309 Å². The maximum absolute atomic E-state index is 13.0. The first-order valence-corrected chi connectivity index (χ1v) is 31.8. The van der Waals surface area contributed by atoms with Crippen LogP contribution in [0.4, 0.5) is 0 Å². The third-order valence-corrected chi connectivity index (χ3v) is 18.2. The van der Waals surface area contributed by atoms with Crippen LogP contribution in [0.15, 0.2) is 0 Å². The summed E-state index contributed by atoms with van der Waals surface area (Å²) in [5.41, 5.74) is 0. The number of amides is 4. The second-order valence-electron chi connectivity index (χ2n) is 25.3. The Balaban J connectivity index is 1.07. The smallest absolute Gasteiger partial charge is 0.217 e. The molecule has 40 atom stereocenters. The molecule has 43 nitrogen and oxygen atoms in total. The maximum Gasteiger partial charge on any atom is 0.217 e. The largest absolute Gasteiger partial charge is 0.394 e. The van der Waals surface area contributed by atoms with Crippen LogP contribution in [-0.4, -0.2) is 411 Å². The van der Waals surface area contributed by atoms with Gasteiger partial charge in [-0.3, -0.25) is 19.2 Å². The summed E-state index contributed by atoms with van der Waals surface area (Å²) in [6.45, 7) is 0.374. The van der Waals surface area contributed by atoms with Crippen LogP contribution < -0.4 is 21.3 Å². The molecule has 8 aliphatic heterocycles. The second kappa shape index (κ2) is 35.0. The van der Waals surface area contributed by atoms with Gasteiger partial charge >= 0.3 is 0 Å². The Labute approximate surface area is 562 Å². The van der Waals surface area contributed by atoms with Gasteiger partial charge in [-0.1, -0.05) is 0 Å². The van der Waals surface area contributed by atoms with Gasteiger partial charge in [0.05, 0.1) is 51.8 Å². The first-order chi connectivity index (χ1) is 46.7. The van der Waals surface area contributed by atoms with E-state index in [4.69, 9.17) is 71.1 Å². The van der Waals surface area contributed by atoms with Crippen molar-refractivity contribution in [3.8, 4) is 0 Å². The number of rotatable bonds is 24. The van der Waals surface area contributed by atoms with Crippen LogP contribution in [0.25, 0.3) is 0 Å². The monoisotopic (exact) mass is 1450 g/mol. The lowest BCUT2D eigenvalue weighted by Crippen LogP contribution is -2.71. The van der Waals surface area contributed by atoms with E-state index in [1.807, 2.05) is 0 Å². The van der Waals surface area contributed by atoms with Crippen molar-refractivity contribution in [1.82, 2.24) is 21.3 Å². The van der Waals surface area contributed by atoms with E-state index in [2.05, 4.69) is 21.3 Å². The summed E-state index contributed by atoms with van der Waals surface area (Å²) in [5.74, 6) is -3.39. The van der Waals surface area contributed by atoms with Crippen molar-refractivity contribution in [1.29, 1.82) is 0 Å². The van der Waals surface area contributed by atoms with Crippen molar-refractivity contribution in [2.24, 2.45) is 0 Å². The van der Waals surface area contributed by atoms with Crippen molar-refractivity contribution in [2.75, 3.05) is 39.6 Å². The van der Waals surface area contributed by atoms with E-state index in [0.29, 0.717) is 0 Å². The highest BCUT2D eigenvalue weighted by Gasteiger charge is 2.60. The Kier molecular flexibility index (Phi) is 28.7. The summed E-state index contributed by atoms with van der Waals surface area (Å²) in [6, 6.07) is -7.05. The van der Waals surface area contributed by atoms with Gasteiger partial charge in [0.15, 0.2) is 50.3 Å². The van der Waals surface area contributed by atoms with Gasteiger partial charge < -0.3 is 194 Å². The predicted molar refractivity (Wildman–Crippen MR) is 308 cm³/mol. The molecule has 24 N–H and O–H groups in total. The minimum atomic E-state index is -2.23. The quantitative estimate of drug-likeness (QED) is 0.0427. The summed E-state index contributed by atoms with van der Waals surface area (Å²) >= 11 is 0. The van der Waals surface area contributed by atoms with Gasteiger partial charge in [0.1, 0.15) is 183 Å². The molecule has 0 radical (unpaired) electrons. The first kappa shape index (κ1) is 81.2. The van der Waals surface area contributed by atoms with Gasteiger partial charge in [-0.2, -0.15) is 0 Å². The average molecular weight is 1450 g/mol. The molecule has 0 bridgehead atoms. The van der Waals surface area contributed by atoms with Gasteiger partial charge in [0.2, 0.25) is 23.6 Å². The number of carbonyl (C=O) groups excluding carboxylic acids is 4. The lowest BCUT2D eigenvalue weighted by atomic mass is 9.94. The molecule has 0 aliphatic carbocycles. The van der Waals surface area contributed by atoms with Crippen LogP contribution in [0, 0.1) is 0 Å². The molecular formula is C56H94N4O39. The minimum absolute atomic E-state index is 0.785. The molecule has 0 saturated carbocycles. The number of ether oxygens (including phenoxy) is 15. The summed E-state index contributed by atoms with van der Waals surface area (Å²) < 4.78 is 89.6. The molecule has 8 saturated heterocycles. The lowest BCUT2D eigenvalue weighted by Gasteiger charge is -2.51. The highest BCUT2D eigenvalue weighted by atomic mass is 16.8. The summed E-state index contributed by atoms with van der Waals surface area (Å²) in [4.78, 5) is 50.6. The number of hydrogen-bond donors (Lipinski definition) is 24. The summed E-state index contributed by atoms with van der Waals surface area (Å²) in [6.07, 6.45) is -69.6. The third-order valence-electron chi connectivity index (χ3n) is 18.2. The van der Waals surface area contributed by atoms with Crippen molar-refractivity contribution < 1.29 is 192 Å². The van der Waals surface area contributed by atoms with E-state index in [9.17, 15) is 121 Å². The van der Waals surface area contributed by atoms with Crippen LogP contribution in [0.1, 0.15) is 41.5 Å². The Morgan fingerprint density at radius 3 is 1.07 bits per heavy atom. The Bertz CT molecular complexity index is 2600. The lowest BCUT2D eigenvalue weighted by molar-refractivity contribution is -0.398. The Morgan fingerprint density at radius 2 is 0.616 bits per heavy atom. The Morgan fingerprint density at radius 1 is 0.283 bits per heavy atom. The van der Waals surface area contributed by atoms with E-state index in [1.165, 1.54) is 13.8 Å². The normalized spacial score (nSPS) is 49.1. The number of nitrogens with one attached hydrogen (secondary N) is 4. The maximum atomic E-state index is 13.0. The second-order valence-corrected chi connectivity index (χ2v) is 25.3. The SMILES string of the molecule is CC(=O)N[C@@H]1[C@@H](O[C@@H]2O[C@H](CO)[C@H](O)[C@H](O[C@@H]3O[C@H](CO)[C@@H](O)[C@H](O)[C@H]3NC(C)=O)[C@H]2O[C@@H]2O[C@@H](C)[C@@H](O)[C@@H](O)[C@@H]2O)[C@@H](O)[C@@H](CO[C@@H]2O[C@H](CO)[C@@H](O[C@@H]3O[C@H](CO)[C@H](O[C@H]4O[C@H](CO)[C@@H](O)[C@H](O)[C@H]4NC(C)=O)[C@H](O)[C@H]3O[C@@H]3O[C@@H](C)[C@@H](O)[C@@H](O)[C@@H]3O)[C@H](O)[C@H]2NC(C)=O)O[C@@H]1O. The molecule has 8 rings (SSSR count). The van der Waals surface area contributed by atoms with E-state index in [1.54, 1.807) is 0 Å². The standard InChI is InChI=1S/C56H94N4O39/c1-13-29(70)38(79)40(81)53(86-13)98-47-42(83)44(94-51-25(57-15(3)66)35(76)31(72)19(7-61)89-51)23(11-65)93-55(47)95-43-22(10-64)92-50(27(37(43)78)59-17(5)68)85-12-24-34(75)45(28(49(84)88-24)60-18(6)69)96-56-48(99-54-41(82)39(80)30(71)14(2)87-54)46(33(74)21(9-63)91-56)97-52-26(58-16(4)67)36(77)32(73)20(8-62)90-52/h13-14,19-56,61-65,70-84H,7-12H2,1-6H3,(H,57,66)(H,58,67)(H,59,68)(H,60,69)/t13-,14-,19+,20+,21+,22+,23+,24+,25+,26+,27+,28+,29+,30+,31+,32+,33-,34-,35+,36+,37+,38+,39+,40-,41-,42-,43+,44-,45+,46-,47+,48+,49-,50+,51+,52-,53-,54-,55-,56-/m0/s1. The summed E-state index contributed by atoms with van der Waals surface area (Å²) in [7, 11) is 0. The average Bonchev–Trinajstić information content (AvgIpc) is 0.764. The molecule has 8 fully saturated rings. The third kappa shape index (κ3) is 18.1. The number of aliphatic hydroxyl groups excluding tert-OH is 20. The van der Waals surface area contributed by atoms with E-state index in [0.717, 1.165) is 27.7 Å². The molecule has 4 amide bonds. The molecule has 8 aliphatic rings. The minimum Gasteiger partial charge on any atom is -0.394 e. The molecule has 99 heavy (non-hydrogen) atoms. The molecule has 0 unspecified atom stereocenters. The Hall–Kier alpha value is -3.52. The van der Waals surface area contributed by atoms with Crippen LogP contribution in [-0.2, 0) is 90.2 Å². The number of aliphatic hydroxyl groups is 20. The predicted octanol–water partition coefficient (Wildman–Crippen LogP) is -15.8. The molecule has 0 aromatic carbocycles.